The molecule has 0 bridgehead atoms. The van der Waals surface area contributed by atoms with Crippen molar-refractivity contribution < 1.29 is 34.6 Å². The Balaban J connectivity index is 0.000000351. The molecule has 13 heteroatoms. The number of hydrazine groups is 2. The zero-order valence-electron chi connectivity index (χ0n) is 13.3. The van der Waals surface area contributed by atoms with Crippen molar-refractivity contribution in [3.05, 3.63) is 24.3 Å². The molecule has 6 nitrogen and oxygen atoms in total. The second-order valence-corrected chi connectivity index (χ2v) is 7.09. The van der Waals surface area contributed by atoms with Crippen molar-refractivity contribution in [1.82, 2.24) is 10.4 Å². The molecule has 1 aliphatic rings. The third kappa shape index (κ3) is 8.06. The van der Waals surface area contributed by atoms with Crippen molar-refractivity contribution in [3.8, 4) is 0 Å². The van der Waals surface area contributed by atoms with Gasteiger partial charge in [-0.05, 0) is 12.1 Å². The minimum absolute atomic E-state index is 0.732. The minimum atomic E-state index is -10.7. The number of nitrogens with zero attached hydrogens (tertiary/aromatic N) is 3. The van der Waals surface area contributed by atoms with Crippen LogP contribution in [0.4, 0.5) is 36.6 Å². The average Bonchev–Trinajstić information content (AvgIpc) is 2.74. The fourth-order valence-electron chi connectivity index (χ4n) is 1.64. The van der Waals surface area contributed by atoms with Crippen LogP contribution in [0.3, 0.4) is 0 Å². The van der Waals surface area contributed by atoms with Gasteiger partial charge in [-0.2, -0.15) is 0 Å². The fourth-order valence-corrected chi connectivity index (χ4v) is 1.64. The Morgan fingerprint density at radius 1 is 1.08 bits per heavy atom. The number of amidine groups is 1. The van der Waals surface area contributed by atoms with Gasteiger partial charge < -0.3 is 0 Å². The van der Waals surface area contributed by atoms with Gasteiger partial charge >= 0.3 is 39.0 Å². The van der Waals surface area contributed by atoms with Crippen molar-refractivity contribution >= 4 is 25.2 Å². The first-order chi connectivity index (χ1) is 10.5. The van der Waals surface area contributed by atoms with E-state index in [0.29, 0.717) is 0 Å². The number of rotatable bonds is 1. The Morgan fingerprint density at radius 3 is 2.04 bits per heavy atom. The molecule has 0 unspecified atom stereocenters. The quantitative estimate of drug-likeness (QED) is 0.254. The average molecular weight is 381 g/mol. The monoisotopic (exact) mass is 381 g/mol. The fraction of sp³-hybridized carbons (Fsp3) is 0.364. The first-order valence-electron chi connectivity index (χ1n) is 6.41. The molecule has 1 aromatic carbocycles. The molecular weight excluding hydrogens is 363 g/mol. The third-order valence-electron chi connectivity index (χ3n) is 2.35. The number of fused-ring (bicyclic) bond motifs is 1. The normalized spacial score (nSPS) is 15.8. The number of hydrogen-bond donors (Lipinski definition) is 2. The molecule has 0 saturated heterocycles. The number of para-hydroxylation sites is 2. The summed E-state index contributed by atoms with van der Waals surface area (Å²) in [6.45, 7) is 0. The number of nitrogens with one attached hydrogen (secondary N) is 2. The van der Waals surface area contributed by atoms with Crippen molar-refractivity contribution in [2.75, 3.05) is 38.8 Å². The summed E-state index contributed by atoms with van der Waals surface area (Å²) in [5.74, 6) is 0. The topological polar surface area (TPSA) is 42.8 Å². The molecule has 140 valence electrons. The first kappa shape index (κ1) is 20.1. The van der Waals surface area contributed by atoms with Crippen LogP contribution in [0, 0.1) is 0 Å². The van der Waals surface area contributed by atoms with E-state index < -0.39 is 7.81 Å². The molecule has 0 spiro atoms. The van der Waals surface area contributed by atoms with E-state index in [1.165, 1.54) is 0 Å². The van der Waals surface area contributed by atoms with Crippen LogP contribution in [-0.2, 0) is 4.84 Å². The third-order valence-corrected chi connectivity index (χ3v) is 2.35. The maximum absolute atomic E-state index is 10.7. The van der Waals surface area contributed by atoms with Crippen LogP contribution >= 0.6 is 7.81 Å². The van der Waals surface area contributed by atoms with E-state index in [4.69, 9.17) is 4.84 Å². The van der Waals surface area contributed by atoms with Crippen LogP contribution in [0.25, 0.3) is 0 Å². The SMILES string of the molecule is CN(C)C(ON1NNc2ccccc21)=[N+](C)C.F[P-](F)(F)(F)(F)F. The maximum atomic E-state index is 9.87. The van der Waals surface area contributed by atoms with Gasteiger partial charge in [0.2, 0.25) is 0 Å². The second kappa shape index (κ2) is 5.85. The summed E-state index contributed by atoms with van der Waals surface area (Å²) >= 11 is 0. The molecule has 0 fully saturated rings. The predicted molar refractivity (Wildman–Crippen MR) is 81.1 cm³/mol. The van der Waals surface area contributed by atoms with Crippen molar-refractivity contribution in [2.24, 2.45) is 0 Å². The van der Waals surface area contributed by atoms with E-state index in [1.807, 2.05) is 61.9 Å². The van der Waals surface area contributed by atoms with E-state index in [1.54, 1.807) is 5.17 Å². The zero-order chi connectivity index (χ0) is 18.8. The molecule has 1 aromatic rings. The van der Waals surface area contributed by atoms with Gasteiger partial charge in [0.05, 0.1) is 33.9 Å². The van der Waals surface area contributed by atoms with Crippen LogP contribution in [-0.4, -0.2) is 43.7 Å². The van der Waals surface area contributed by atoms with E-state index in [-0.39, 0.29) is 0 Å². The number of benzene rings is 1. The van der Waals surface area contributed by atoms with Crippen molar-refractivity contribution in [1.29, 1.82) is 0 Å². The first-order valence-corrected chi connectivity index (χ1v) is 8.44. The van der Waals surface area contributed by atoms with Gasteiger partial charge in [-0.3, -0.25) is 10.3 Å². The Hall–Kier alpha value is -1.94. The van der Waals surface area contributed by atoms with Gasteiger partial charge in [0.15, 0.2) is 0 Å². The van der Waals surface area contributed by atoms with E-state index >= 15 is 0 Å². The van der Waals surface area contributed by atoms with Crippen LogP contribution in [0.15, 0.2) is 24.3 Å². The van der Waals surface area contributed by atoms with E-state index in [9.17, 15) is 25.2 Å². The summed E-state index contributed by atoms with van der Waals surface area (Å²) in [4.78, 5) is 7.69. The molecular formula is C11H18F6N5OP. The van der Waals surface area contributed by atoms with Crippen LogP contribution in [0.5, 0.6) is 0 Å². The summed E-state index contributed by atoms with van der Waals surface area (Å²) in [5.41, 5.74) is 7.93. The summed E-state index contributed by atoms with van der Waals surface area (Å²) in [6, 6.07) is 8.63. The standard InChI is InChI=1S/C11H18N5O.F6P/c1-14(2)11(15(3)4)17-16-10-8-6-5-7-9(10)12-13-16;1-7(2,3,4,5)6/h5-8,12-13H,1-4H3;/q+1;-1. The van der Waals surface area contributed by atoms with Crippen LogP contribution in [0.1, 0.15) is 0 Å². The molecule has 1 heterocycles. The number of halogens is 6. The summed E-state index contributed by atoms with van der Waals surface area (Å²) < 4.78 is 61.1. The van der Waals surface area contributed by atoms with Gasteiger partial charge in [0, 0.05) is 0 Å². The van der Waals surface area contributed by atoms with Gasteiger partial charge in [-0.1, -0.05) is 12.1 Å². The van der Waals surface area contributed by atoms with Gasteiger partial charge in [0.1, 0.15) is 5.69 Å². The molecule has 1 aliphatic heterocycles. The second-order valence-electron chi connectivity index (χ2n) is 5.17. The van der Waals surface area contributed by atoms with Gasteiger partial charge in [0.25, 0.3) is 0 Å². The molecule has 24 heavy (non-hydrogen) atoms. The molecule has 2 rings (SSSR count). The Morgan fingerprint density at radius 2 is 1.58 bits per heavy atom. The summed E-state index contributed by atoms with van der Waals surface area (Å²) in [6.07, 6.45) is 0. The molecule has 0 atom stereocenters. The Bertz CT molecular complexity index is 617. The Labute approximate surface area is 134 Å². The molecule has 0 aliphatic carbocycles. The molecule has 0 amide bonds. The molecule has 0 radical (unpaired) electrons. The number of hydrogen-bond acceptors (Lipinski definition) is 4. The van der Waals surface area contributed by atoms with E-state index in [0.717, 1.165) is 17.4 Å². The Kier molecular flexibility index (Phi) is 4.90. The molecule has 2 N–H and O–H groups in total. The van der Waals surface area contributed by atoms with Crippen molar-refractivity contribution in [2.45, 2.75) is 0 Å². The van der Waals surface area contributed by atoms with Crippen LogP contribution in [0.2, 0.25) is 0 Å². The molecule has 0 aromatic heterocycles. The van der Waals surface area contributed by atoms with Gasteiger partial charge in [-0.25, -0.2) is 9.48 Å². The van der Waals surface area contributed by atoms with Crippen LogP contribution < -0.4 is 16.1 Å². The predicted octanol–water partition coefficient (Wildman–Crippen LogP) is 3.84. The number of anilines is 2. The summed E-state index contributed by atoms with van der Waals surface area (Å²) in [7, 11) is -2.92. The zero-order valence-corrected chi connectivity index (χ0v) is 14.2. The summed E-state index contributed by atoms with van der Waals surface area (Å²) in [5, 5.41) is 1.60. The van der Waals surface area contributed by atoms with Crippen molar-refractivity contribution in [3.63, 3.8) is 0 Å². The van der Waals surface area contributed by atoms with Gasteiger partial charge in [-0.15, -0.1) is 10.7 Å². The van der Waals surface area contributed by atoms with E-state index in [2.05, 4.69) is 11.0 Å². The molecule has 0 saturated carbocycles.